The van der Waals surface area contributed by atoms with E-state index in [0.717, 1.165) is 0 Å². The summed E-state index contributed by atoms with van der Waals surface area (Å²) in [6.45, 7) is 4.08. The molecule has 0 bridgehead atoms. The van der Waals surface area contributed by atoms with E-state index in [9.17, 15) is 13.2 Å². The third-order valence-electron chi connectivity index (χ3n) is 2.56. The number of hydrogen-bond donors (Lipinski definition) is 2. The van der Waals surface area contributed by atoms with Gasteiger partial charge in [-0.15, -0.1) is 0 Å². The van der Waals surface area contributed by atoms with Crippen LogP contribution in [0.3, 0.4) is 0 Å². The highest BCUT2D eigenvalue weighted by molar-refractivity contribution is 7.87. The minimum absolute atomic E-state index is 0.0613. The van der Waals surface area contributed by atoms with Crippen LogP contribution in [0.1, 0.15) is 13.8 Å². The van der Waals surface area contributed by atoms with E-state index in [0.29, 0.717) is 6.54 Å². The van der Waals surface area contributed by atoms with Gasteiger partial charge >= 0.3 is 5.97 Å². The number of hydrogen-bond acceptors (Lipinski definition) is 3. The van der Waals surface area contributed by atoms with E-state index in [1.165, 1.54) is 4.31 Å². The van der Waals surface area contributed by atoms with Crippen LogP contribution in [0.5, 0.6) is 0 Å². The fraction of sp³-hybridized carbons (Fsp3) is 0.875. The Hall–Kier alpha value is -0.660. The summed E-state index contributed by atoms with van der Waals surface area (Å²) in [7, 11) is -3.49. The van der Waals surface area contributed by atoms with E-state index in [4.69, 9.17) is 5.11 Å². The second-order valence-corrected chi connectivity index (χ2v) is 5.50. The standard InChI is InChI=1S/C8H16N2O4S/c1-3-9-15(13,14)10-4-6(2)7(5-10)8(11)12/h6-7,9H,3-5H2,1-2H3,(H,11,12). The summed E-state index contributed by atoms with van der Waals surface area (Å²) >= 11 is 0. The number of nitrogens with one attached hydrogen (secondary N) is 1. The minimum atomic E-state index is -3.49. The molecular weight excluding hydrogens is 220 g/mol. The smallest absolute Gasteiger partial charge is 0.308 e. The summed E-state index contributed by atoms with van der Waals surface area (Å²) < 4.78 is 26.7. The zero-order chi connectivity index (χ0) is 11.6. The summed E-state index contributed by atoms with van der Waals surface area (Å²) in [5, 5.41) is 8.86. The fourth-order valence-electron chi connectivity index (χ4n) is 1.71. The quantitative estimate of drug-likeness (QED) is 0.688. The van der Waals surface area contributed by atoms with Crippen LogP contribution in [0, 0.1) is 11.8 Å². The number of carbonyl (C=O) groups is 1. The van der Waals surface area contributed by atoms with Crippen molar-refractivity contribution in [3.8, 4) is 0 Å². The Balaban J connectivity index is 2.74. The molecule has 0 spiro atoms. The van der Waals surface area contributed by atoms with Gasteiger partial charge in [0.1, 0.15) is 0 Å². The third kappa shape index (κ3) is 2.67. The fourth-order valence-corrected chi connectivity index (χ4v) is 3.05. The highest BCUT2D eigenvalue weighted by Crippen LogP contribution is 2.24. The van der Waals surface area contributed by atoms with Gasteiger partial charge in [-0.25, -0.2) is 4.72 Å². The molecule has 2 unspecified atom stereocenters. The molecule has 88 valence electrons. The third-order valence-corrected chi connectivity index (χ3v) is 4.19. The Kier molecular flexibility index (Phi) is 3.69. The van der Waals surface area contributed by atoms with Gasteiger partial charge in [0, 0.05) is 19.6 Å². The van der Waals surface area contributed by atoms with Gasteiger partial charge in [-0.05, 0) is 5.92 Å². The highest BCUT2D eigenvalue weighted by Gasteiger charge is 2.39. The maximum atomic E-state index is 11.6. The van der Waals surface area contributed by atoms with Crippen LogP contribution in [0.2, 0.25) is 0 Å². The van der Waals surface area contributed by atoms with Gasteiger partial charge in [0.15, 0.2) is 0 Å². The summed E-state index contributed by atoms with van der Waals surface area (Å²) in [6, 6.07) is 0. The first kappa shape index (κ1) is 12.4. The predicted octanol–water partition coefficient (Wildman–Crippen LogP) is -0.507. The van der Waals surface area contributed by atoms with Gasteiger partial charge in [-0.3, -0.25) is 4.79 Å². The molecule has 7 heteroatoms. The maximum Gasteiger partial charge on any atom is 0.308 e. The molecule has 0 aromatic carbocycles. The Morgan fingerprint density at radius 2 is 2.13 bits per heavy atom. The van der Waals surface area contributed by atoms with Gasteiger partial charge in [-0.2, -0.15) is 12.7 Å². The molecule has 1 aliphatic rings. The number of carboxylic acids is 1. The zero-order valence-electron chi connectivity index (χ0n) is 8.80. The average Bonchev–Trinajstić information content (AvgIpc) is 2.47. The van der Waals surface area contributed by atoms with Crippen LogP contribution in [0.4, 0.5) is 0 Å². The van der Waals surface area contributed by atoms with E-state index < -0.39 is 22.1 Å². The predicted molar refractivity (Wildman–Crippen MR) is 54.5 cm³/mol. The molecule has 1 saturated heterocycles. The molecule has 2 atom stereocenters. The van der Waals surface area contributed by atoms with Crippen molar-refractivity contribution in [3.63, 3.8) is 0 Å². The first-order chi connectivity index (χ1) is 6.88. The minimum Gasteiger partial charge on any atom is -0.481 e. The topological polar surface area (TPSA) is 86.7 Å². The lowest BCUT2D eigenvalue weighted by Crippen LogP contribution is -2.39. The SMILES string of the molecule is CCNS(=O)(=O)N1CC(C)C(C(=O)O)C1. The lowest BCUT2D eigenvalue weighted by molar-refractivity contribution is -0.142. The van der Waals surface area contributed by atoms with E-state index in [1.807, 2.05) is 0 Å². The van der Waals surface area contributed by atoms with Crippen molar-refractivity contribution in [2.75, 3.05) is 19.6 Å². The van der Waals surface area contributed by atoms with Crippen LogP contribution < -0.4 is 4.72 Å². The molecule has 2 N–H and O–H groups in total. The zero-order valence-corrected chi connectivity index (χ0v) is 9.62. The monoisotopic (exact) mass is 236 g/mol. The van der Waals surface area contributed by atoms with Gasteiger partial charge in [0.05, 0.1) is 5.92 Å². The van der Waals surface area contributed by atoms with E-state index in [2.05, 4.69) is 4.72 Å². The van der Waals surface area contributed by atoms with Crippen molar-refractivity contribution in [2.45, 2.75) is 13.8 Å². The van der Waals surface area contributed by atoms with Crippen molar-refractivity contribution >= 4 is 16.2 Å². The molecule has 0 aliphatic carbocycles. The van der Waals surface area contributed by atoms with Crippen molar-refractivity contribution < 1.29 is 18.3 Å². The summed E-state index contributed by atoms with van der Waals surface area (Å²) in [5.41, 5.74) is 0. The van der Waals surface area contributed by atoms with Gasteiger partial charge in [0.25, 0.3) is 10.2 Å². The van der Waals surface area contributed by atoms with Crippen molar-refractivity contribution in [1.82, 2.24) is 9.03 Å². The number of nitrogens with zero attached hydrogens (tertiary/aromatic N) is 1. The highest BCUT2D eigenvalue weighted by atomic mass is 32.2. The van der Waals surface area contributed by atoms with Crippen LogP contribution >= 0.6 is 0 Å². The van der Waals surface area contributed by atoms with Crippen LogP contribution in [0.15, 0.2) is 0 Å². The Morgan fingerprint density at radius 1 is 1.53 bits per heavy atom. The summed E-state index contributed by atoms with van der Waals surface area (Å²) in [6.07, 6.45) is 0. The van der Waals surface area contributed by atoms with Gasteiger partial charge in [0.2, 0.25) is 0 Å². The molecule has 0 amide bonds. The van der Waals surface area contributed by atoms with E-state index >= 15 is 0 Å². The first-order valence-corrected chi connectivity index (χ1v) is 6.30. The van der Waals surface area contributed by atoms with Crippen molar-refractivity contribution in [1.29, 1.82) is 0 Å². The molecule has 6 nitrogen and oxygen atoms in total. The van der Waals surface area contributed by atoms with Gasteiger partial charge < -0.3 is 5.11 Å². The lowest BCUT2D eigenvalue weighted by atomic mass is 9.99. The largest absolute Gasteiger partial charge is 0.481 e. The molecule has 0 radical (unpaired) electrons. The second-order valence-electron chi connectivity index (χ2n) is 3.74. The van der Waals surface area contributed by atoms with Crippen LogP contribution in [-0.4, -0.2) is 43.4 Å². The molecule has 0 aromatic rings. The van der Waals surface area contributed by atoms with Crippen molar-refractivity contribution in [2.24, 2.45) is 11.8 Å². The summed E-state index contributed by atoms with van der Waals surface area (Å²) in [5.74, 6) is -1.67. The Labute approximate surface area is 89.4 Å². The van der Waals surface area contributed by atoms with Crippen LogP contribution in [0.25, 0.3) is 0 Å². The molecule has 1 rings (SSSR count). The molecular formula is C8H16N2O4S. The Bertz CT molecular complexity index is 341. The second kappa shape index (κ2) is 4.46. The lowest BCUT2D eigenvalue weighted by Gasteiger charge is -2.15. The van der Waals surface area contributed by atoms with E-state index in [-0.39, 0.29) is 19.0 Å². The number of aliphatic carboxylic acids is 1. The van der Waals surface area contributed by atoms with Crippen molar-refractivity contribution in [3.05, 3.63) is 0 Å². The molecule has 1 aliphatic heterocycles. The van der Waals surface area contributed by atoms with Crippen LogP contribution in [-0.2, 0) is 15.0 Å². The number of carboxylic acid groups (broad SMARTS) is 1. The molecule has 1 heterocycles. The Morgan fingerprint density at radius 3 is 2.53 bits per heavy atom. The summed E-state index contributed by atoms with van der Waals surface area (Å²) in [4.78, 5) is 10.8. The molecule has 15 heavy (non-hydrogen) atoms. The van der Waals surface area contributed by atoms with E-state index in [1.54, 1.807) is 13.8 Å². The van der Waals surface area contributed by atoms with Gasteiger partial charge in [-0.1, -0.05) is 13.8 Å². The molecule has 0 saturated carbocycles. The first-order valence-electron chi connectivity index (χ1n) is 4.86. The average molecular weight is 236 g/mol. The maximum absolute atomic E-state index is 11.6. The normalized spacial score (nSPS) is 28.1. The molecule has 0 aromatic heterocycles. The molecule has 1 fully saturated rings. The number of rotatable bonds is 4.